The molecule has 0 bridgehead atoms. The summed E-state index contributed by atoms with van der Waals surface area (Å²) in [6.07, 6.45) is 7.38. The smallest absolute Gasteiger partial charge is 0.267 e. The molecule has 0 aliphatic heterocycles. The van der Waals surface area contributed by atoms with Crippen LogP contribution in [0.1, 0.15) is 91.4 Å². The van der Waals surface area contributed by atoms with Gasteiger partial charge in [-0.15, -0.1) is 22.7 Å². The number of hydrogen-bond acceptors (Lipinski definition) is 7. The van der Waals surface area contributed by atoms with Crippen LogP contribution in [-0.4, -0.2) is 45.8 Å². The number of carbonyl (C=O) groups excluding carboxylic acids is 2. The van der Waals surface area contributed by atoms with E-state index in [1.54, 1.807) is 6.07 Å². The lowest BCUT2D eigenvalue weighted by atomic mass is 9.47. The highest BCUT2D eigenvalue weighted by molar-refractivity contribution is 7.16. The predicted octanol–water partition coefficient (Wildman–Crippen LogP) is 4.71. The summed E-state index contributed by atoms with van der Waals surface area (Å²) in [6, 6.07) is 3.88. The maximum absolute atomic E-state index is 13.3. The zero-order valence-electron chi connectivity index (χ0n) is 21.1. The van der Waals surface area contributed by atoms with Gasteiger partial charge in [-0.05, 0) is 54.9 Å². The molecule has 2 fully saturated rings. The van der Waals surface area contributed by atoms with E-state index in [0.717, 1.165) is 42.7 Å². The maximum atomic E-state index is 13.3. The molecule has 5 rings (SSSR count). The van der Waals surface area contributed by atoms with Crippen LogP contribution in [0.15, 0.2) is 17.5 Å². The second kappa shape index (κ2) is 10.2. The van der Waals surface area contributed by atoms with Crippen molar-refractivity contribution in [3.05, 3.63) is 33.0 Å². The lowest BCUT2D eigenvalue weighted by Crippen LogP contribution is -2.57. The van der Waals surface area contributed by atoms with E-state index in [0.29, 0.717) is 29.3 Å². The number of hydrogen-bond donors (Lipinski definition) is 4. The van der Waals surface area contributed by atoms with Gasteiger partial charge in [0.1, 0.15) is 0 Å². The third kappa shape index (κ3) is 4.64. The van der Waals surface area contributed by atoms with E-state index in [4.69, 9.17) is 4.98 Å². The molecule has 0 saturated heterocycles. The second-order valence-electron chi connectivity index (χ2n) is 11.4. The fourth-order valence-electron chi connectivity index (χ4n) is 6.98. The van der Waals surface area contributed by atoms with Crippen molar-refractivity contribution in [3.8, 4) is 0 Å². The largest absolute Gasteiger partial charge is 0.396 e. The molecule has 4 N–H and O–H groups in total. The normalized spacial score (nSPS) is 32.4. The van der Waals surface area contributed by atoms with E-state index in [2.05, 4.69) is 17.6 Å². The number of fused-ring (bicyclic) bond motifs is 2. The fourth-order valence-corrected chi connectivity index (χ4v) is 8.67. The van der Waals surface area contributed by atoms with Crippen LogP contribution in [0, 0.1) is 16.7 Å². The standard InChI is InChI=1S/C27H37N3O4S2/c1-26-11-10-21(32)27(2,15-31)20(26)14-19-23(17(26)13-22(33)28-16-7-4-3-5-8-16)29-25(36-19)30-24(34)18-9-6-12-35-18/h6,9,12,16-17,20-21,31-32H,3-5,7-8,10-11,13-15H2,1-2H3,(H,28,33)(H,29,30,34)/t17-,20+,21-,26+,27+/m1/s1. The van der Waals surface area contributed by atoms with Crippen molar-refractivity contribution >= 4 is 39.6 Å². The van der Waals surface area contributed by atoms with Gasteiger partial charge in [-0.2, -0.15) is 0 Å². The summed E-state index contributed by atoms with van der Waals surface area (Å²) in [4.78, 5) is 32.6. The van der Waals surface area contributed by atoms with E-state index < -0.39 is 11.5 Å². The molecule has 0 radical (unpaired) electrons. The first-order valence-corrected chi connectivity index (χ1v) is 14.9. The van der Waals surface area contributed by atoms with Crippen LogP contribution >= 0.6 is 22.7 Å². The lowest BCUT2D eigenvalue weighted by Gasteiger charge is -2.58. The molecule has 2 aromatic rings. The van der Waals surface area contributed by atoms with Crippen molar-refractivity contribution in [2.75, 3.05) is 11.9 Å². The Hall–Kier alpha value is -1.81. The third-order valence-electron chi connectivity index (χ3n) is 9.22. The number of aliphatic hydroxyl groups is 2. The molecule has 196 valence electrons. The van der Waals surface area contributed by atoms with E-state index in [-0.39, 0.29) is 41.7 Å². The number of aromatic nitrogens is 1. The summed E-state index contributed by atoms with van der Waals surface area (Å²) < 4.78 is 0. The van der Waals surface area contributed by atoms with E-state index in [9.17, 15) is 19.8 Å². The second-order valence-corrected chi connectivity index (χ2v) is 13.4. The molecule has 36 heavy (non-hydrogen) atoms. The Morgan fingerprint density at radius 2 is 1.97 bits per heavy atom. The van der Waals surface area contributed by atoms with Gasteiger partial charge in [0.05, 0.1) is 23.3 Å². The minimum Gasteiger partial charge on any atom is -0.396 e. The molecule has 0 aromatic carbocycles. The van der Waals surface area contributed by atoms with Crippen molar-refractivity contribution in [3.63, 3.8) is 0 Å². The van der Waals surface area contributed by atoms with Crippen LogP contribution in [0.5, 0.6) is 0 Å². The quantitative estimate of drug-likeness (QED) is 0.431. The van der Waals surface area contributed by atoms with Crippen LogP contribution in [0.2, 0.25) is 0 Å². The first-order chi connectivity index (χ1) is 17.2. The molecule has 5 atom stereocenters. The Morgan fingerprint density at radius 1 is 1.19 bits per heavy atom. The first-order valence-electron chi connectivity index (χ1n) is 13.2. The highest BCUT2D eigenvalue weighted by Crippen LogP contribution is 2.62. The molecule has 3 aliphatic carbocycles. The summed E-state index contributed by atoms with van der Waals surface area (Å²) in [5.74, 6) is -0.271. The molecule has 2 aromatic heterocycles. The maximum Gasteiger partial charge on any atom is 0.267 e. The summed E-state index contributed by atoms with van der Waals surface area (Å²) >= 11 is 2.85. The van der Waals surface area contributed by atoms with Crippen molar-refractivity contribution in [1.29, 1.82) is 0 Å². The van der Waals surface area contributed by atoms with Crippen LogP contribution in [0.4, 0.5) is 5.13 Å². The lowest BCUT2D eigenvalue weighted by molar-refractivity contribution is -0.144. The zero-order chi connectivity index (χ0) is 25.5. The van der Waals surface area contributed by atoms with Crippen LogP contribution in [0.25, 0.3) is 0 Å². The number of anilines is 1. The Kier molecular flexibility index (Phi) is 7.29. The number of carbonyl (C=O) groups is 2. The molecule has 0 spiro atoms. The number of aliphatic hydroxyl groups excluding tert-OH is 2. The molecule has 3 aliphatic rings. The number of nitrogens with zero attached hydrogens (tertiary/aromatic N) is 1. The molecular weight excluding hydrogens is 494 g/mol. The highest BCUT2D eigenvalue weighted by atomic mass is 32.1. The van der Waals surface area contributed by atoms with Gasteiger partial charge in [0.15, 0.2) is 5.13 Å². The van der Waals surface area contributed by atoms with Crippen molar-refractivity contribution in [2.45, 2.75) is 89.7 Å². The average molecular weight is 532 g/mol. The third-order valence-corrected chi connectivity index (χ3v) is 11.1. The van der Waals surface area contributed by atoms with Crippen molar-refractivity contribution in [2.24, 2.45) is 16.7 Å². The molecule has 9 heteroatoms. The number of thiazole rings is 1. The molecule has 2 heterocycles. The Bertz CT molecular complexity index is 1100. The minimum atomic E-state index is -0.660. The van der Waals surface area contributed by atoms with Gasteiger partial charge in [-0.25, -0.2) is 4.98 Å². The van der Waals surface area contributed by atoms with Gasteiger partial charge in [-0.3, -0.25) is 14.9 Å². The molecule has 2 amide bonds. The summed E-state index contributed by atoms with van der Waals surface area (Å²) in [5, 5.41) is 30.0. The topological polar surface area (TPSA) is 112 Å². The van der Waals surface area contributed by atoms with Gasteiger partial charge in [0, 0.05) is 28.7 Å². The monoisotopic (exact) mass is 531 g/mol. The Balaban J connectivity index is 1.46. The van der Waals surface area contributed by atoms with Gasteiger partial charge in [-0.1, -0.05) is 39.2 Å². The molecular formula is C27H37N3O4S2. The van der Waals surface area contributed by atoms with Crippen molar-refractivity contribution in [1.82, 2.24) is 10.3 Å². The van der Waals surface area contributed by atoms with E-state index in [1.807, 2.05) is 18.4 Å². The Morgan fingerprint density at radius 3 is 2.67 bits per heavy atom. The number of rotatable bonds is 6. The van der Waals surface area contributed by atoms with Gasteiger partial charge in [0.25, 0.3) is 5.91 Å². The average Bonchev–Trinajstić information content (AvgIpc) is 3.54. The summed E-state index contributed by atoms with van der Waals surface area (Å²) in [7, 11) is 0. The van der Waals surface area contributed by atoms with Crippen molar-refractivity contribution < 1.29 is 19.8 Å². The fraction of sp³-hybridized carbons (Fsp3) is 0.667. The van der Waals surface area contributed by atoms with Gasteiger partial charge in [0.2, 0.25) is 5.91 Å². The zero-order valence-corrected chi connectivity index (χ0v) is 22.7. The van der Waals surface area contributed by atoms with Crippen LogP contribution in [0.3, 0.4) is 0 Å². The molecule has 2 saturated carbocycles. The van der Waals surface area contributed by atoms with E-state index in [1.165, 1.54) is 29.1 Å². The summed E-state index contributed by atoms with van der Waals surface area (Å²) in [6.45, 7) is 4.08. The SMILES string of the molecule is C[C@]1(CO)[C@H]2Cc3sc(NC(=O)c4cccs4)nc3[C@@H](CC(=O)NC3CCCCC3)[C@]2(C)CC[C@H]1O. The van der Waals surface area contributed by atoms with E-state index >= 15 is 0 Å². The predicted molar refractivity (Wildman–Crippen MR) is 142 cm³/mol. The highest BCUT2D eigenvalue weighted by Gasteiger charge is 2.59. The number of thiophene rings is 1. The molecule has 7 nitrogen and oxygen atoms in total. The Labute approximate surface area is 220 Å². The number of amides is 2. The molecule has 0 unspecified atom stereocenters. The van der Waals surface area contributed by atoms with Crippen LogP contribution < -0.4 is 10.6 Å². The minimum absolute atomic E-state index is 0.0000260. The van der Waals surface area contributed by atoms with Gasteiger partial charge >= 0.3 is 0 Å². The number of nitrogens with one attached hydrogen (secondary N) is 2. The van der Waals surface area contributed by atoms with Crippen LogP contribution in [-0.2, 0) is 11.2 Å². The van der Waals surface area contributed by atoms with Gasteiger partial charge < -0.3 is 15.5 Å². The first kappa shape index (κ1) is 25.8. The summed E-state index contributed by atoms with van der Waals surface area (Å²) in [5.41, 5.74) is -0.0557.